The molecule has 1 unspecified atom stereocenters. The first kappa shape index (κ1) is 9.17. The van der Waals surface area contributed by atoms with E-state index < -0.39 is 0 Å². The van der Waals surface area contributed by atoms with Crippen LogP contribution in [-0.4, -0.2) is 11.2 Å². The highest BCUT2D eigenvalue weighted by Crippen LogP contribution is 2.06. The van der Waals surface area contributed by atoms with Crippen molar-refractivity contribution in [3.05, 3.63) is 22.3 Å². The Bertz CT molecular complexity index is 114. The standard InChI is InChI=1S/C7H11IO/c1-3-4-7(9)5-6(2)8/h3,5,7,9H,1,4H2,2H3/b6-5-. The van der Waals surface area contributed by atoms with Gasteiger partial charge < -0.3 is 5.11 Å². The second-order valence-electron chi connectivity index (χ2n) is 1.85. The molecule has 0 amide bonds. The highest BCUT2D eigenvalue weighted by atomic mass is 127. The first-order valence-corrected chi connectivity index (χ1v) is 3.87. The molecule has 0 aliphatic heterocycles. The fourth-order valence-corrected chi connectivity index (χ4v) is 0.919. The lowest BCUT2D eigenvalue weighted by Crippen LogP contribution is -1.98. The van der Waals surface area contributed by atoms with Gasteiger partial charge in [0.1, 0.15) is 0 Å². The number of rotatable bonds is 3. The van der Waals surface area contributed by atoms with Gasteiger partial charge in [0.2, 0.25) is 0 Å². The largest absolute Gasteiger partial charge is 0.389 e. The predicted octanol–water partition coefficient (Wildman–Crippen LogP) is 2.26. The van der Waals surface area contributed by atoms with Gasteiger partial charge in [-0.15, -0.1) is 6.58 Å². The zero-order valence-electron chi connectivity index (χ0n) is 5.47. The molecule has 52 valence electrons. The second kappa shape index (κ2) is 4.99. The van der Waals surface area contributed by atoms with Gasteiger partial charge in [0.05, 0.1) is 6.10 Å². The average Bonchev–Trinajstić information content (AvgIpc) is 1.63. The molecular weight excluding hydrogens is 227 g/mol. The Morgan fingerprint density at radius 1 is 1.89 bits per heavy atom. The first-order chi connectivity index (χ1) is 4.16. The van der Waals surface area contributed by atoms with E-state index in [2.05, 4.69) is 29.2 Å². The summed E-state index contributed by atoms with van der Waals surface area (Å²) in [5, 5.41) is 9.07. The molecule has 0 aromatic rings. The highest BCUT2D eigenvalue weighted by molar-refractivity contribution is 14.1. The summed E-state index contributed by atoms with van der Waals surface area (Å²) in [5.41, 5.74) is 0. The van der Waals surface area contributed by atoms with Gasteiger partial charge in [0.25, 0.3) is 0 Å². The van der Waals surface area contributed by atoms with E-state index in [9.17, 15) is 0 Å². The van der Waals surface area contributed by atoms with Crippen molar-refractivity contribution < 1.29 is 5.11 Å². The molecule has 1 N–H and O–H groups in total. The third-order valence-corrected chi connectivity index (χ3v) is 1.19. The summed E-state index contributed by atoms with van der Waals surface area (Å²) >= 11 is 2.16. The van der Waals surface area contributed by atoms with Gasteiger partial charge >= 0.3 is 0 Å². The predicted molar refractivity (Wildman–Crippen MR) is 48.6 cm³/mol. The van der Waals surface area contributed by atoms with Gasteiger partial charge in [-0.1, -0.05) is 6.08 Å². The van der Waals surface area contributed by atoms with Crippen molar-refractivity contribution in [2.24, 2.45) is 0 Å². The molecule has 0 fully saturated rings. The molecule has 1 nitrogen and oxygen atoms in total. The summed E-state index contributed by atoms with van der Waals surface area (Å²) in [6.45, 7) is 5.47. The molecule has 1 atom stereocenters. The third-order valence-electron chi connectivity index (χ3n) is 0.830. The van der Waals surface area contributed by atoms with Gasteiger partial charge in [0.15, 0.2) is 0 Å². The molecule has 2 heteroatoms. The van der Waals surface area contributed by atoms with E-state index in [1.54, 1.807) is 6.08 Å². The second-order valence-corrected chi connectivity index (χ2v) is 3.55. The summed E-state index contributed by atoms with van der Waals surface area (Å²) in [6.07, 6.45) is 3.81. The van der Waals surface area contributed by atoms with Crippen molar-refractivity contribution in [3.63, 3.8) is 0 Å². The van der Waals surface area contributed by atoms with Gasteiger partial charge in [0, 0.05) is 0 Å². The number of allylic oxidation sites excluding steroid dienone is 1. The number of aliphatic hydroxyl groups excluding tert-OH is 1. The molecule has 0 radical (unpaired) electrons. The lowest BCUT2D eigenvalue weighted by atomic mass is 10.2. The fraction of sp³-hybridized carbons (Fsp3) is 0.429. The van der Waals surface area contributed by atoms with E-state index in [1.165, 1.54) is 0 Å². The summed E-state index contributed by atoms with van der Waals surface area (Å²) in [5.74, 6) is 0. The van der Waals surface area contributed by atoms with Crippen LogP contribution in [0.4, 0.5) is 0 Å². The van der Waals surface area contributed by atoms with E-state index in [0.29, 0.717) is 6.42 Å². The maximum absolute atomic E-state index is 9.07. The van der Waals surface area contributed by atoms with Gasteiger partial charge in [-0.05, 0) is 45.6 Å². The number of hydrogen-bond donors (Lipinski definition) is 1. The minimum atomic E-state index is -0.348. The minimum absolute atomic E-state index is 0.348. The van der Waals surface area contributed by atoms with E-state index in [-0.39, 0.29) is 6.10 Å². The summed E-state index contributed by atoms with van der Waals surface area (Å²) < 4.78 is 1.11. The molecule has 0 heterocycles. The third kappa shape index (κ3) is 6.05. The van der Waals surface area contributed by atoms with Crippen LogP contribution < -0.4 is 0 Å². The fourth-order valence-electron chi connectivity index (χ4n) is 0.504. The van der Waals surface area contributed by atoms with Crippen molar-refractivity contribution in [2.75, 3.05) is 0 Å². The van der Waals surface area contributed by atoms with E-state index >= 15 is 0 Å². The number of aliphatic hydroxyl groups is 1. The Morgan fingerprint density at radius 3 is 2.78 bits per heavy atom. The number of halogens is 1. The van der Waals surface area contributed by atoms with Crippen LogP contribution in [0.1, 0.15) is 13.3 Å². The van der Waals surface area contributed by atoms with Crippen LogP contribution in [0.25, 0.3) is 0 Å². The maximum atomic E-state index is 9.07. The Morgan fingerprint density at radius 2 is 2.44 bits per heavy atom. The topological polar surface area (TPSA) is 20.2 Å². The van der Waals surface area contributed by atoms with Gasteiger partial charge in [-0.3, -0.25) is 0 Å². The van der Waals surface area contributed by atoms with Crippen molar-refractivity contribution in [3.8, 4) is 0 Å². The lowest BCUT2D eigenvalue weighted by Gasteiger charge is -1.99. The molecule has 0 spiro atoms. The summed E-state index contributed by atoms with van der Waals surface area (Å²) in [7, 11) is 0. The zero-order valence-corrected chi connectivity index (χ0v) is 7.63. The summed E-state index contributed by atoms with van der Waals surface area (Å²) in [4.78, 5) is 0. The molecule has 0 bridgehead atoms. The average molecular weight is 238 g/mol. The SMILES string of the molecule is C=CCC(O)/C=C(/C)I. The zero-order chi connectivity index (χ0) is 7.28. The molecule has 0 rings (SSSR count). The van der Waals surface area contributed by atoms with Crippen molar-refractivity contribution in [1.82, 2.24) is 0 Å². The normalized spacial score (nSPS) is 15.2. The van der Waals surface area contributed by atoms with Crippen LogP contribution in [0.15, 0.2) is 22.3 Å². The first-order valence-electron chi connectivity index (χ1n) is 2.79. The Labute approximate surface area is 69.6 Å². The quantitative estimate of drug-likeness (QED) is 0.590. The van der Waals surface area contributed by atoms with Crippen molar-refractivity contribution in [2.45, 2.75) is 19.4 Å². The van der Waals surface area contributed by atoms with Crippen molar-refractivity contribution >= 4 is 22.6 Å². The van der Waals surface area contributed by atoms with E-state index in [4.69, 9.17) is 5.11 Å². The van der Waals surface area contributed by atoms with Crippen LogP contribution in [0.5, 0.6) is 0 Å². The smallest absolute Gasteiger partial charge is 0.0765 e. The number of hydrogen-bond acceptors (Lipinski definition) is 1. The molecule has 0 aliphatic carbocycles. The Hall–Kier alpha value is 0.170. The molecule has 0 saturated heterocycles. The van der Waals surface area contributed by atoms with Gasteiger partial charge in [-0.25, -0.2) is 0 Å². The highest BCUT2D eigenvalue weighted by Gasteiger charge is 1.93. The minimum Gasteiger partial charge on any atom is -0.389 e. The Balaban J connectivity index is 3.61. The monoisotopic (exact) mass is 238 g/mol. The molecular formula is C7H11IO. The Kier molecular flexibility index (Phi) is 5.09. The van der Waals surface area contributed by atoms with Crippen LogP contribution in [-0.2, 0) is 0 Å². The maximum Gasteiger partial charge on any atom is 0.0765 e. The van der Waals surface area contributed by atoms with E-state index in [1.807, 2.05) is 13.0 Å². The summed E-state index contributed by atoms with van der Waals surface area (Å²) in [6, 6.07) is 0. The lowest BCUT2D eigenvalue weighted by molar-refractivity contribution is 0.227. The molecule has 0 aromatic carbocycles. The van der Waals surface area contributed by atoms with Crippen molar-refractivity contribution in [1.29, 1.82) is 0 Å². The van der Waals surface area contributed by atoms with Crippen LogP contribution >= 0.6 is 22.6 Å². The van der Waals surface area contributed by atoms with E-state index in [0.717, 1.165) is 3.58 Å². The molecule has 9 heavy (non-hydrogen) atoms. The van der Waals surface area contributed by atoms with Gasteiger partial charge in [-0.2, -0.15) is 0 Å². The molecule has 0 aliphatic rings. The van der Waals surface area contributed by atoms with Crippen LogP contribution in [0.3, 0.4) is 0 Å². The molecule has 0 aromatic heterocycles. The van der Waals surface area contributed by atoms with Crippen LogP contribution in [0, 0.1) is 0 Å². The van der Waals surface area contributed by atoms with Crippen LogP contribution in [0.2, 0.25) is 0 Å². The molecule has 0 saturated carbocycles.